The Morgan fingerprint density at radius 3 is 2.81 bits per heavy atom. The minimum absolute atomic E-state index is 0.148. The van der Waals surface area contributed by atoms with Crippen LogP contribution in [0.25, 0.3) is 0 Å². The third-order valence-corrected chi connectivity index (χ3v) is 6.99. The maximum atomic E-state index is 12.6. The number of rotatable bonds is 5. The van der Waals surface area contributed by atoms with Gasteiger partial charge in [-0.1, -0.05) is 17.7 Å². The van der Waals surface area contributed by atoms with E-state index in [-0.39, 0.29) is 11.7 Å². The molecule has 0 saturated heterocycles. The number of hydrogen-bond acceptors (Lipinski definition) is 7. The van der Waals surface area contributed by atoms with Gasteiger partial charge in [0.05, 0.1) is 17.6 Å². The van der Waals surface area contributed by atoms with Gasteiger partial charge >= 0.3 is 0 Å². The van der Waals surface area contributed by atoms with Crippen molar-refractivity contribution in [3.05, 3.63) is 58.7 Å². The van der Waals surface area contributed by atoms with Crippen LogP contribution < -0.4 is 15.9 Å². The molecular formula is C22H24ClN5O2P. The van der Waals surface area contributed by atoms with Crippen molar-refractivity contribution >= 4 is 47.2 Å². The molecule has 9 heteroatoms. The molecule has 2 aromatic carbocycles. The fraction of sp³-hybridized carbons (Fsp3) is 0.273. The molecule has 3 aromatic rings. The lowest BCUT2D eigenvalue weighted by atomic mass is 9.99. The molecular weight excluding hydrogens is 433 g/mol. The lowest BCUT2D eigenvalue weighted by Crippen LogP contribution is -2.26. The van der Waals surface area contributed by atoms with E-state index in [1.165, 1.54) is 6.20 Å². The van der Waals surface area contributed by atoms with E-state index in [0.717, 1.165) is 30.6 Å². The highest BCUT2D eigenvalue weighted by Crippen LogP contribution is 2.39. The Labute approximate surface area is 186 Å². The zero-order chi connectivity index (χ0) is 22.2. The summed E-state index contributed by atoms with van der Waals surface area (Å²) in [6, 6.07) is 11.9. The molecule has 1 aliphatic heterocycles. The first-order chi connectivity index (χ1) is 14.7. The lowest BCUT2D eigenvalue weighted by molar-refractivity contribution is 0.312. The largest absolute Gasteiger partial charge is 0.506 e. The minimum atomic E-state index is -2.53. The van der Waals surface area contributed by atoms with Crippen LogP contribution in [0.2, 0.25) is 5.02 Å². The molecule has 3 N–H and O–H groups in total. The van der Waals surface area contributed by atoms with Gasteiger partial charge in [0, 0.05) is 18.4 Å². The van der Waals surface area contributed by atoms with Crippen LogP contribution in [-0.4, -0.2) is 46.9 Å². The van der Waals surface area contributed by atoms with Crippen molar-refractivity contribution in [1.29, 1.82) is 0 Å². The molecule has 0 fully saturated rings. The van der Waals surface area contributed by atoms with Crippen molar-refractivity contribution < 1.29 is 9.67 Å². The molecule has 0 bridgehead atoms. The number of aromatic hydroxyl groups is 1. The molecule has 1 radical (unpaired) electrons. The molecule has 7 nitrogen and oxygen atoms in total. The Balaban J connectivity index is 1.63. The number of anilines is 4. The van der Waals surface area contributed by atoms with Gasteiger partial charge in [-0.15, -0.1) is 0 Å². The third kappa shape index (κ3) is 4.85. The van der Waals surface area contributed by atoms with Crippen molar-refractivity contribution in [3.63, 3.8) is 0 Å². The van der Waals surface area contributed by atoms with Gasteiger partial charge in [-0.25, -0.2) is 4.98 Å². The van der Waals surface area contributed by atoms with Crippen molar-refractivity contribution in [2.24, 2.45) is 0 Å². The van der Waals surface area contributed by atoms with Crippen molar-refractivity contribution in [2.45, 2.75) is 13.0 Å². The van der Waals surface area contributed by atoms with Gasteiger partial charge < -0.3 is 25.2 Å². The molecule has 1 aromatic heterocycles. The maximum absolute atomic E-state index is 12.6. The van der Waals surface area contributed by atoms with Gasteiger partial charge in [-0.2, -0.15) is 4.98 Å². The van der Waals surface area contributed by atoms with Crippen molar-refractivity contribution in [3.8, 4) is 5.75 Å². The zero-order valence-corrected chi connectivity index (χ0v) is 19.3. The van der Waals surface area contributed by atoms with Crippen LogP contribution in [0.4, 0.5) is 23.1 Å². The maximum Gasteiger partial charge on any atom is 0.229 e. The number of benzene rings is 2. The van der Waals surface area contributed by atoms with Crippen LogP contribution in [0.3, 0.4) is 0 Å². The topological polar surface area (TPSA) is 90.4 Å². The first kappa shape index (κ1) is 21.6. The summed E-state index contributed by atoms with van der Waals surface area (Å²) in [5.41, 5.74) is 3.49. The van der Waals surface area contributed by atoms with Gasteiger partial charge in [-0.3, -0.25) is 0 Å². The van der Waals surface area contributed by atoms with Gasteiger partial charge in [-0.05, 0) is 68.3 Å². The average Bonchev–Trinajstić information content (AvgIpc) is 2.71. The Bertz CT molecular complexity index is 1180. The molecule has 0 saturated carbocycles. The highest BCUT2D eigenvalue weighted by Gasteiger charge is 2.19. The fourth-order valence-electron chi connectivity index (χ4n) is 3.57. The number of fused-ring (bicyclic) bond motifs is 1. The van der Waals surface area contributed by atoms with E-state index in [9.17, 15) is 9.67 Å². The molecule has 1 aliphatic rings. The second-order valence-electron chi connectivity index (χ2n) is 8.06. The molecule has 2 heterocycles. The summed E-state index contributed by atoms with van der Waals surface area (Å²) in [6.45, 7) is 5.19. The number of nitrogens with zero attached hydrogens (tertiary/aromatic N) is 3. The third-order valence-electron chi connectivity index (χ3n) is 5.19. The summed E-state index contributed by atoms with van der Waals surface area (Å²) >= 11 is 6.31. The van der Waals surface area contributed by atoms with E-state index in [4.69, 9.17) is 11.6 Å². The number of phenolic OH excluding ortho intramolecular Hbond substituents is 1. The van der Waals surface area contributed by atoms with Crippen molar-refractivity contribution in [1.82, 2.24) is 14.9 Å². The van der Waals surface area contributed by atoms with Crippen LogP contribution in [0, 0.1) is 6.07 Å². The summed E-state index contributed by atoms with van der Waals surface area (Å²) in [5.74, 6) is 0.805. The number of nitrogens with one attached hydrogen (secondary N) is 2. The van der Waals surface area contributed by atoms with E-state index < -0.39 is 7.14 Å². The van der Waals surface area contributed by atoms with E-state index in [1.807, 2.05) is 6.07 Å². The second kappa shape index (κ2) is 8.50. The predicted octanol–water partition coefficient (Wildman–Crippen LogP) is 4.36. The fourth-order valence-corrected chi connectivity index (χ4v) is 4.81. The van der Waals surface area contributed by atoms with Crippen molar-refractivity contribution in [2.75, 3.05) is 37.6 Å². The quantitative estimate of drug-likeness (QED) is 0.388. The van der Waals surface area contributed by atoms with Crippen LogP contribution >= 0.6 is 18.7 Å². The van der Waals surface area contributed by atoms with Crippen LogP contribution in [0.5, 0.6) is 5.75 Å². The molecule has 0 atom stereocenters. The number of likely N-dealkylation sites (N-methyl/N-ethyl adjacent to an activating group) is 1. The molecule has 0 spiro atoms. The molecule has 161 valence electrons. The Kier molecular flexibility index (Phi) is 5.93. The lowest BCUT2D eigenvalue weighted by Gasteiger charge is -2.25. The normalized spacial score (nSPS) is 14.2. The number of phenols is 1. The number of halogens is 1. The molecule has 0 aliphatic carbocycles. The average molecular weight is 457 g/mol. The first-order valence-corrected chi connectivity index (χ1v) is 12.8. The van der Waals surface area contributed by atoms with E-state index >= 15 is 0 Å². The minimum Gasteiger partial charge on any atom is -0.506 e. The number of aromatic nitrogens is 2. The molecule has 31 heavy (non-hydrogen) atoms. The first-order valence-electron chi connectivity index (χ1n) is 9.86. The van der Waals surface area contributed by atoms with E-state index in [0.29, 0.717) is 27.5 Å². The molecule has 0 amide bonds. The van der Waals surface area contributed by atoms with Gasteiger partial charge in [0.15, 0.2) is 5.82 Å². The van der Waals surface area contributed by atoms with Crippen LogP contribution in [-0.2, 0) is 17.5 Å². The van der Waals surface area contributed by atoms with Crippen LogP contribution in [0.15, 0.2) is 36.5 Å². The molecule has 0 unspecified atom stereocenters. The summed E-state index contributed by atoms with van der Waals surface area (Å²) in [6.07, 6.45) is 2.38. The zero-order valence-electron chi connectivity index (χ0n) is 17.6. The summed E-state index contributed by atoms with van der Waals surface area (Å²) in [7, 11) is -0.457. The summed E-state index contributed by atoms with van der Waals surface area (Å²) < 4.78 is 12.6. The standard InChI is InChI=1S/C22H24ClN5O2P/c1-28-9-8-14-11-19(29)18(10-15(14)13-28)26-22-24-12-16(23)21(27-22)25-17-6-4-5-7-20(17)31(2,3)30/h4,6-7,10-12,29H,8-9,13H2,1-3H3,(H2,24,25,26,27). The number of hydrogen-bond donors (Lipinski definition) is 3. The Hall–Kier alpha value is -2.60. The Morgan fingerprint density at radius 2 is 2.03 bits per heavy atom. The highest BCUT2D eigenvalue weighted by atomic mass is 35.5. The van der Waals surface area contributed by atoms with Gasteiger partial charge in [0.25, 0.3) is 0 Å². The molecule has 4 rings (SSSR count). The SMILES string of the molecule is CN1CCc2cc(O)c(Nc3ncc(Cl)c(Nc4cc[c]cc4P(C)(C)=O)n3)cc2C1. The second-order valence-corrected chi connectivity index (χ2v) is 11.7. The van der Waals surface area contributed by atoms with E-state index in [1.54, 1.807) is 37.6 Å². The monoisotopic (exact) mass is 456 g/mol. The van der Waals surface area contributed by atoms with Gasteiger partial charge in [0.1, 0.15) is 17.9 Å². The summed E-state index contributed by atoms with van der Waals surface area (Å²) in [4.78, 5) is 10.9. The Morgan fingerprint density at radius 1 is 1.23 bits per heavy atom. The van der Waals surface area contributed by atoms with Crippen LogP contribution in [0.1, 0.15) is 11.1 Å². The smallest absolute Gasteiger partial charge is 0.229 e. The predicted molar refractivity (Wildman–Crippen MR) is 126 cm³/mol. The van der Waals surface area contributed by atoms with Gasteiger partial charge in [0.2, 0.25) is 5.95 Å². The summed E-state index contributed by atoms with van der Waals surface area (Å²) in [5, 5.41) is 17.7. The van der Waals surface area contributed by atoms with E-state index in [2.05, 4.69) is 38.6 Å². The highest BCUT2D eigenvalue weighted by molar-refractivity contribution is 7.70.